The van der Waals surface area contributed by atoms with E-state index >= 15 is 0 Å². The number of aromatic nitrogens is 4. The second-order valence-electron chi connectivity index (χ2n) is 6.66. The molecule has 9 nitrogen and oxygen atoms in total. The summed E-state index contributed by atoms with van der Waals surface area (Å²) in [5.74, 6) is 0.321. The fourth-order valence-corrected chi connectivity index (χ4v) is 2.41. The minimum Gasteiger partial charge on any atom is -0.352 e. The van der Waals surface area contributed by atoms with E-state index < -0.39 is 4.92 Å². The van der Waals surface area contributed by atoms with Gasteiger partial charge in [-0.05, 0) is 26.3 Å². The molecule has 0 radical (unpaired) electrons. The molecule has 9 heteroatoms. The van der Waals surface area contributed by atoms with Gasteiger partial charge < -0.3 is 5.32 Å². The molecule has 2 heterocycles. The van der Waals surface area contributed by atoms with E-state index in [1.54, 1.807) is 16.8 Å². The van der Waals surface area contributed by atoms with Crippen molar-refractivity contribution in [2.75, 3.05) is 5.32 Å². The number of nitrogens with one attached hydrogen (secondary N) is 2. The molecule has 0 spiro atoms. The third-order valence-corrected chi connectivity index (χ3v) is 3.68. The summed E-state index contributed by atoms with van der Waals surface area (Å²) < 4.78 is 1.70. The molecule has 0 aliphatic carbocycles. The van der Waals surface area contributed by atoms with E-state index in [1.807, 2.05) is 20.8 Å². The van der Waals surface area contributed by atoms with Gasteiger partial charge in [-0.1, -0.05) is 12.1 Å². The first-order valence-corrected chi connectivity index (χ1v) is 7.71. The highest BCUT2D eigenvalue weighted by Crippen LogP contribution is 2.19. The number of hydrogen-bond donors (Lipinski definition) is 2. The number of H-pyrrole nitrogens is 1. The minimum absolute atomic E-state index is 0.0331. The number of hydrogen-bond acceptors (Lipinski definition) is 6. The first kappa shape index (κ1) is 16.6. The normalized spacial score (nSPS) is 11.6. The number of anilines is 1. The molecular formula is C16H18N6O3. The highest BCUT2D eigenvalue weighted by Gasteiger charge is 2.19. The third kappa shape index (κ3) is 3.35. The third-order valence-electron chi connectivity index (χ3n) is 3.68. The van der Waals surface area contributed by atoms with Crippen molar-refractivity contribution in [2.24, 2.45) is 0 Å². The molecule has 2 N–H and O–H groups in total. The van der Waals surface area contributed by atoms with Crippen LogP contribution in [0.25, 0.3) is 11.0 Å². The quantitative estimate of drug-likeness (QED) is 0.555. The molecule has 0 amide bonds. The Kier molecular flexibility index (Phi) is 3.99. The zero-order valence-corrected chi connectivity index (χ0v) is 14.1. The van der Waals surface area contributed by atoms with Gasteiger partial charge >= 0.3 is 0 Å². The van der Waals surface area contributed by atoms with Gasteiger partial charge in [-0.15, -0.1) is 0 Å². The van der Waals surface area contributed by atoms with Crippen molar-refractivity contribution in [3.05, 3.63) is 56.5 Å². The van der Waals surface area contributed by atoms with Crippen molar-refractivity contribution < 1.29 is 4.92 Å². The van der Waals surface area contributed by atoms with Crippen molar-refractivity contribution >= 4 is 22.7 Å². The van der Waals surface area contributed by atoms with Gasteiger partial charge in [0.15, 0.2) is 5.65 Å². The standard InChI is InChI=1S/C16H18N6O3/c1-16(2,3)21-13-12(9-18-21)14(23)20-15(19-13)17-8-10-4-6-11(7-5-10)22(24)25/h4-7,9H,8H2,1-3H3,(H2,17,19,20,23). The summed E-state index contributed by atoms with van der Waals surface area (Å²) >= 11 is 0. The van der Waals surface area contributed by atoms with E-state index in [1.165, 1.54) is 18.3 Å². The summed E-state index contributed by atoms with van der Waals surface area (Å²) in [6.07, 6.45) is 1.51. The van der Waals surface area contributed by atoms with Crippen molar-refractivity contribution in [1.82, 2.24) is 19.7 Å². The number of nitro groups is 1. The van der Waals surface area contributed by atoms with Gasteiger partial charge in [0.1, 0.15) is 5.39 Å². The molecule has 3 rings (SSSR count). The Morgan fingerprint density at radius 2 is 1.96 bits per heavy atom. The molecule has 25 heavy (non-hydrogen) atoms. The number of nitrogens with zero attached hydrogens (tertiary/aromatic N) is 4. The lowest BCUT2D eigenvalue weighted by Crippen LogP contribution is -2.24. The average Bonchev–Trinajstić information content (AvgIpc) is 2.98. The van der Waals surface area contributed by atoms with Crippen LogP contribution in [0.5, 0.6) is 0 Å². The maximum Gasteiger partial charge on any atom is 0.269 e. The fraction of sp³-hybridized carbons (Fsp3) is 0.312. The molecule has 0 atom stereocenters. The van der Waals surface area contributed by atoms with E-state index in [4.69, 9.17) is 0 Å². The van der Waals surface area contributed by atoms with Crippen LogP contribution in [0.15, 0.2) is 35.3 Å². The van der Waals surface area contributed by atoms with Crippen LogP contribution in [0.4, 0.5) is 11.6 Å². The summed E-state index contributed by atoms with van der Waals surface area (Å²) in [5.41, 5.74) is 0.788. The van der Waals surface area contributed by atoms with Crippen LogP contribution >= 0.6 is 0 Å². The van der Waals surface area contributed by atoms with E-state index in [0.29, 0.717) is 23.5 Å². The van der Waals surface area contributed by atoms with Crippen LogP contribution in [0.2, 0.25) is 0 Å². The Hall–Kier alpha value is -3.23. The van der Waals surface area contributed by atoms with E-state index in [-0.39, 0.29) is 16.8 Å². The van der Waals surface area contributed by atoms with Gasteiger partial charge in [-0.25, -0.2) is 4.68 Å². The molecular weight excluding hydrogens is 324 g/mol. The molecule has 0 saturated heterocycles. The van der Waals surface area contributed by atoms with Crippen LogP contribution in [0, 0.1) is 10.1 Å². The predicted octanol–water partition coefficient (Wildman–Crippen LogP) is 2.39. The van der Waals surface area contributed by atoms with Gasteiger partial charge in [-0.3, -0.25) is 19.9 Å². The number of benzene rings is 1. The van der Waals surface area contributed by atoms with Crippen LogP contribution in [0.1, 0.15) is 26.3 Å². The van der Waals surface area contributed by atoms with Gasteiger partial charge in [0.2, 0.25) is 5.95 Å². The number of fused-ring (bicyclic) bond motifs is 1. The lowest BCUT2D eigenvalue weighted by Gasteiger charge is -2.19. The van der Waals surface area contributed by atoms with E-state index in [2.05, 4.69) is 20.4 Å². The van der Waals surface area contributed by atoms with Crippen molar-refractivity contribution in [1.29, 1.82) is 0 Å². The fourth-order valence-electron chi connectivity index (χ4n) is 2.41. The zero-order chi connectivity index (χ0) is 18.2. The molecule has 0 saturated carbocycles. The molecule has 1 aromatic carbocycles. The second-order valence-corrected chi connectivity index (χ2v) is 6.66. The highest BCUT2D eigenvalue weighted by atomic mass is 16.6. The summed E-state index contributed by atoms with van der Waals surface area (Å²) in [6, 6.07) is 6.18. The highest BCUT2D eigenvalue weighted by molar-refractivity contribution is 5.74. The number of nitro benzene ring substituents is 1. The molecule has 0 aliphatic rings. The Morgan fingerprint density at radius 3 is 2.56 bits per heavy atom. The van der Waals surface area contributed by atoms with Crippen LogP contribution in [-0.4, -0.2) is 24.7 Å². The maximum absolute atomic E-state index is 12.2. The summed E-state index contributed by atoms with van der Waals surface area (Å²) in [4.78, 5) is 29.6. The second kappa shape index (κ2) is 6.00. The number of aromatic amines is 1. The lowest BCUT2D eigenvalue weighted by atomic mass is 10.1. The Morgan fingerprint density at radius 1 is 1.28 bits per heavy atom. The van der Waals surface area contributed by atoms with Crippen molar-refractivity contribution in [2.45, 2.75) is 32.9 Å². The van der Waals surface area contributed by atoms with Crippen LogP contribution in [-0.2, 0) is 12.1 Å². The van der Waals surface area contributed by atoms with E-state index in [9.17, 15) is 14.9 Å². The summed E-state index contributed by atoms with van der Waals surface area (Å²) in [6.45, 7) is 6.31. The largest absolute Gasteiger partial charge is 0.352 e. The van der Waals surface area contributed by atoms with Crippen molar-refractivity contribution in [3.8, 4) is 0 Å². The molecule has 2 aromatic heterocycles. The zero-order valence-electron chi connectivity index (χ0n) is 14.1. The molecule has 0 unspecified atom stereocenters. The monoisotopic (exact) mass is 342 g/mol. The van der Waals surface area contributed by atoms with Crippen LogP contribution in [0.3, 0.4) is 0 Å². The van der Waals surface area contributed by atoms with Gasteiger partial charge in [0, 0.05) is 18.7 Å². The van der Waals surface area contributed by atoms with Gasteiger partial charge in [0.25, 0.3) is 11.2 Å². The molecule has 0 fully saturated rings. The molecule has 0 aliphatic heterocycles. The predicted molar refractivity (Wildman–Crippen MR) is 93.6 cm³/mol. The van der Waals surface area contributed by atoms with Gasteiger partial charge in [0.05, 0.1) is 16.7 Å². The average molecular weight is 342 g/mol. The smallest absolute Gasteiger partial charge is 0.269 e. The Balaban J connectivity index is 1.86. The van der Waals surface area contributed by atoms with Crippen molar-refractivity contribution in [3.63, 3.8) is 0 Å². The molecule has 3 aromatic rings. The number of non-ortho nitro benzene ring substituents is 1. The summed E-state index contributed by atoms with van der Waals surface area (Å²) in [5, 5.41) is 18.4. The Bertz CT molecular complexity index is 982. The summed E-state index contributed by atoms with van der Waals surface area (Å²) in [7, 11) is 0. The first-order valence-electron chi connectivity index (χ1n) is 7.71. The first-order chi connectivity index (χ1) is 11.8. The van der Waals surface area contributed by atoms with Gasteiger partial charge in [-0.2, -0.15) is 10.1 Å². The maximum atomic E-state index is 12.2. The lowest BCUT2D eigenvalue weighted by molar-refractivity contribution is -0.384. The molecule has 0 bridgehead atoms. The number of rotatable bonds is 4. The minimum atomic E-state index is -0.447. The SMILES string of the molecule is CC(C)(C)n1ncc2c(=O)[nH]c(NCc3ccc([N+](=O)[O-])cc3)nc21. The molecule has 130 valence electrons. The Labute approximate surface area is 142 Å². The topological polar surface area (TPSA) is 119 Å². The van der Waals surface area contributed by atoms with Crippen LogP contribution < -0.4 is 10.9 Å². The van der Waals surface area contributed by atoms with E-state index in [0.717, 1.165) is 5.56 Å².